The van der Waals surface area contributed by atoms with E-state index >= 15 is 0 Å². The Kier molecular flexibility index (Phi) is 7.68. The second-order valence-corrected chi connectivity index (χ2v) is 11.5. The Labute approximate surface area is 254 Å². The molecule has 224 valence electrons. The molecule has 0 amide bonds. The largest absolute Gasteiger partial charge is 0.489 e. The maximum Gasteiger partial charge on any atom is 0.138 e. The van der Waals surface area contributed by atoms with Crippen LogP contribution in [0.3, 0.4) is 0 Å². The van der Waals surface area contributed by atoms with Crippen molar-refractivity contribution in [2.75, 3.05) is 45.6 Å². The molecule has 4 aromatic heterocycles. The Bertz CT molecular complexity index is 1920. The van der Waals surface area contributed by atoms with Crippen molar-refractivity contribution in [3.8, 4) is 39.5 Å². The number of H-pyrrole nitrogens is 2. The number of nitrogens with zero attached hydrogens (tertiary/aromatic N) is 4. The van der Waals surface area contributed by atoms with E-state index in [2.05, 4.69) is 41.8 Å². The molecule has 2 aromatic carbocycles. The Balaban J connectivity index is 1.21. The monoisotopic (exact) mass is 590 g/mol. The standard InChI is InChI=1S/C34H35FN8O/c1-43(2)13-12-38-24-15-21(14-23(35)17-24)27-4-3-5-30-28(27)18-32(39-30)34-33-31(41-42-34)7-6-29(40-33)22-16-26(20-37-19-22)44-25-8-10-36-11-9-25/h3-7,14-20,25,36,38-39H,8-13H2,1-2H3,(H,41,42). The molecule has 1 saturated heterocycles. The van der Waals surface area contributed by atoms with E-state index in [-0.39, 0.29) is 11.9 Å². The van der Waals surface area contributed by atoms with Crippen molar-refractivity contribution in [1.29, 1.82) is 0 Å². The molecule has 5 heterocycles. The summed E-state index contributed by atoms with van der Waals surface area (Å²) in [6, 6.07) is 19.1. The predicted octanol–water partition coefficient (Wildman–Crippen LogP) is 6.08. The highest BCUT2D eigenvalue weighted by Crippen LogP contribution is 2.35. The van der Waals surface area contributed by atoms with Gasteiger partial charge in [-0.05, 0) is 99.7 Å². The van der Waals surface area contributed by atoms with Gasteiger partial charge < -0.3 is 25.3 Å². The van der Waals surface area contributed by atoms with E-state index in [1.165, 1.54) is 6.07 Å². The second-order valence-electron chi connectivity index (χ2n) is 11.5. The van der Waals surface area contributed by atoms with E-state index in [1.807, 2.05) is 56.6 Å². The van der Waals surface area contributed by atoms with E-state index < -0.39 is 0 Å². The van der Waals surface area contributed by atoms with Gasteiger partial charge in [0, 0.05) is 41.4 Å². The first kappa shape index (κ1) is 28.0. The summed E-state index contributed by atoms with van der Waals surface area (Å²) in [5.41, 5.74) is 8.21. The zero-order valence-electron chi connectivity index (χ0n) is 24.8. The van der Waals surface area contributed by atoms with Crippen molar-refractivity contribution in [3.63, 3.8) is 0 Å². The average molecular weight is 591 g/mol. The summed E-state index contributed by atoms with van der Waals surface area (Å²) >= 11 is 0. The molecule has 0 radical (unpaired) electrons. The third kappa shape index (κ3) is 5.86. The number of pyridine rings is 2. The number of aromatic nitrogens is 5. The third-order valence-electron chi connectivity index (χ3n) is 8.02. The molecule has 0 saturated carbocycles. The number of hydrogen-bond acceptors (Lipinski definition) is 7. The third-order valence-corrected chi connectivity index (χ3v) is 8.02. The van der Waals surface area contributed by atoms with Gasteiger partial charge in [-0.1, -0.05) is 12.1 Å². The fourth-order valence-electron chi connectivity index (χ4n) is 5.78. The number of fused-ring (bicyclic) bond motifs is 2. The van der Waals surface area contributed by atoms with Crippen molar-refractivity contribution in [3.05, 3.63) is 78.9 Å². The van der Waals surface area contributed by atoms with Crippen molar-refractivity contribution in [1.82, 2.24) is 35.4 Å². The summed E-state index contributed by atoms with van der Waals surface area (Å²) in [6.07, 6.45) is 5.72. The Morgan fingerprint density at radius 3 is 2.73 bits per heavy atom. The zero-order chi connectivity index (χ0) is 30.0. The zero-order valence-corrected chi connectivity index (χ0v) is 24.8. The SMILES string of the molecule is CN(C)CCNc1cc(F)cc(-c2cccc3[nH]c(-c4n[nH]c5ccc(-c6cncc(OC7CCNCC7)c6)nc45)cc23)c1. The van der Waals surface area contributed by atoms with E-state index in [4.69, 9.17) is 9.72 Å². The summed E-state index contributed by atoms with van der Waals surface area (Å²) in [7, 11) is 4.03. The van der Waals surface area contributed by atoms with E-state index in [9.17, 15) is 4.39 Å². The first-order chi connectivity index (χ1) is 21.5. The minimum Gasteiger partial charge on any atom is -0.489 e. The number of hydrogen-bond donors (Lipinski definition) is 4. The molecule has 6 aromatic rings. The maximum atomic E-state index is 14.7. The van der Waals surface area contributed by atoms with Gasteiger partial charge in [-0.15, -0.1) is 0 Å². The van der Waals surface area contributed by atoms with Crippen LogP contribution in [0.15, 0.2) is 73.1 Å². The van der Waals surface area contributed by atoms with Gasteiger partial charge in [-0.3, -0.25) is 10.1 Å². The van der Waals surface area contributed by atoms with Crippen LogP contribution in [0.1, 0.15) is 12.8 Å². The topological polar surface area (TPSA) is 107 Å². The highest BCUT2D eigenvalue weighted by molar-refractivity contribution is 6.00. The molecule has 0 unspecified atom stereocenters. The van der Waals surface area contributed by atoms with Crippen LogP contribution in [0.25, 0.3) is 55.7 Å². The van der Waals surface area contributed by atoms with Gasteiger partial charge >= 0.3 is 0 Å². The number of benzene rings is 2. The van der Waals surface area contributed by atoms with Crippen LogP contribution in [0, 0.1) is 5.82 Å². The lowest BCUT2D eigenvalue weighted by Gasteiger charge is -2.23. The number of aromatic amines is 2. The molecule has 9 nitrogen and oxygen atoms in total. The van der Waals surface area contributed by atoms with Crippen LogP contribution in [-0.2, 0) is 0 Å². The van der Waals surface area contributed by atoms with Gasteiger partial charge in [0.05, 0.1) is 23.1 Å². The van der Waals surface area contributed by atoms with E-state index in [1.54, 1.807) is 18.5 Å². The number of likely N-dealkylation sites (N-methyl/N-ethyl adjacent to an activating group) is 1. The predicted molar refractivity (Wildman–Crippen MR) is 173 cm³/mol. The lowest BCUT2D eigenvalue weighted by Crippen LogP contribution is -2.34. The van der Waals surface area contributed by atoms with Gasteiger partial charge in [-0.25, -0.2) is 9.37 Å². The molecule has 0 atom stereocenters. The van der Waals surface area contributed by atoms with Crippen molar-refractivity contribution in [2.45, 2.75) is 18.9 Å². The Morgan fingerprint density at radius 2 is 1.86 bits per heavy atom. The lowest BCUT2D eigenvalue weighted by molar-refractivity contribution is 0.162. The Hall–Kier alpha value is -4.80. The molecular formula is C34H35FN8O. The molecule has 1 aliphatic rings. The van der Waals surface area contributed by atoms with Crippen LogP contribution in [-0.4, -0.2) is 76.4 Å². The van der Waals surface area contributed by atoms with Gasteiger partial charge in [0.15, 0.2) is 0 Å². The molecule has 0 aliphatic carbocycles. The molecule has 10 heteroatoms. The molecular weight excluding hydrogens is 555 g/mol. The summed E-state index contributed by atoms with van der Waals surface area (Å²) in [5.74, 6) is 0.470. The quantitative estimate of drug-likeness (QED) is 0.162. The minimum absolute atomic E-state index is 0.189. The second kappa shape index (κ2) is 12.1. The minimum atomic E-state index is -0.280. The average Bonchev–Trinajstić information content (AvgIpc) is 3.65. The van der Waals surface area contributed by atoms with Crippen molar-refractivity contribution < 1.29 is 9.13 Å². The molecule has 1 fully saturated rings. The van der Waals surface area contributed by atoms with Crippen LogP contribution >= 0.6 is 0 Å². The fourth-order valence-corrected chi connectivity index (χ4v) is 5.78. The fraction of sp³-hybridized carbons (Fsp3) is 0.265. The van der Waals surface area contributed by atoms with E-state index in [0.717, 1.165) is 100 Å². The number of piperidine rings is 1. The summed E-state index contributed by atoms with van der Waals surface area (Å²) in [6.45, 7) is 3.50. The Morgan fingerprint density at radius 1 is 0.977 bits per heavy atom. The van der Waals surface area contributed by atoms with Crippen molar-refractivity contribution in [2.24, 2.45) is 0 Å². The molecule has 0 spiro atoms. The highest BCUT2D eigenvalue weighted by Gasteiger charge is 2.18. The van der Waals surface area contributed by atoms with Gasteiger partial charge in [0.25, 0.3) is 0 Å². The first-order valence-corrected chi connectivity index (χ1v) is 15.0. The summed E-state index contributed by atoms with van der Waals surface area (Å²) < 4.78 is 21.0. The maximum absolute atomic E-state index is 14.7. The van der Waals surface area contributed by atoms with Crippen LogP contribution in [0.2, 0.25) is 0 Å². The summed E-state index contributed by atoms with van der Waals surface area (Å²) in [4.78, 5) is 15.0. The van der Waals surface area contributed by atoms with E-state index in [0.29, 0.717) is 5.69 Å². The number of anilines is 1. The van der Waals surface area contributed by atoms with Crippen LogP contribution in [0.5, 0.6) is 5.75 Å². The van der Waals surface area contributed by atoms with Crippen LogP contribution < -0.4 is 15.4 Å². The number of ether oxygens (including phenoxy) is 1. The van der Waals surface area contributed by atoms with Gasteiger partial charge in [-0.2, -0.15) is 5.10 Å². The molecule has 0 bridgehead atoms. The van der Waals surface area contributed by atoms with Crippen molar-refractivity contribution >= 4 is 27.6 Å². The van der Waals surface area contributed by atoms with Gasteiger partial charge in [0.1, 0.15) is 28.9 Å². The number of nitrogens with one attached hydrogen (secondary N) is 4. The molecule has 44 heavy (non-hydrogen) atoms. The van der Waals surface area contributed by atoms with Crippen LogP contribution in [0.4, 0.5) is 10.1 Å². The molecule has 4 N–H and O–H groups in total. The number of rotatable bonds is 9. The van der Waals surface area contributed by atoms with Gasteiger partial charge in [0.2, 0.25) is 0 Å². The highest BCUT2D eigenvalue weighted by atomic mass is 19.1. The normalized spacial score (nSPS) is 14.1. The first-order valence-electron chi connectivity index (χ1n) is 15.0. The molecule has 1 aliphatic heterocycles. The summed E-state index contributed by atoms with van der Waals surface area (Å²) in [5, 5.41) is 15.4. The number of halogens is 1. The molecule has 7 rings (SSSR count). The lowest BCUT2D eigenvalue weighted by atomic mass is 10.0. The smallest absolute Gasteiger partial charge is 0.138 e.